The summed E-state index contributed by atoms with van der Waals surface area (Å²) in [7, 11) is 3.93. The molecule has 202 valence electrons. The molecular weight excluding hydrogens is 506 g/mol. The van der Waals surface area contributed by atoms with Gasteiger partial charge in [-0.25, -0.2) is 4.98 Å². The molecule has 3 rings (SSSR count). The molecule has 1 heterocycles. The van der Waals surface area contributed by atoms with E-state index in [-0.39, 0.29) is 29.9 Å². The van der Waals surface area contributed by atoms with Gasteiger partial charge in [-0.2, -0.15) is 0 Å². The minimum atomic E-state index is -0.477. The van der Waals surface area contributed by atoms with Gasteiger partial charge in [0.2, 0.25) is 5.91 Å². The van der Waals surface area contributed by atoms with Gasteiger partial charge in [-0.3, -0.25) is 14.4 Å². The lowest BCUT2D eigenvalue weighted by Crippen LogP contribution is -2.44. The monoisotopic (exact) mass is 545 g/mol. The summed E-state index contributed by atoms with van der Waals surface area (Å²) in [5, 5.41) is 4.77. The number of thiazole rings is 1. The number of hydrogen-bond acceptors (Lipinski definition) is 6. The highest BCUT2D eigenvalue weighted by atomic mass is 35.5. The van der Waals surface area contributed by atoms with E-state index >= 15 is 0 Å². The maximum atomic E-state index is 13.6. The Balaban J connectivity index is 1.71. The Bertz CT molecular complexity index is 1090. The van der Waals surface area contributed by atoms with Gasteiger partial charge in [0.15, 0.2) is 5.78 Å². The van der Waals surface area contributed by atoms with Gasteiger partial charge in [0, 0.05) is 43.3 Å². The van der Waals surface area contributed by atoms with E-state index in [1.807, 2.05) is 50.2 Å². The van der Waals surface area contributed by atoms with Gasteiger partial charge in [0.05, 0.1) is 21.1 Å². The van der Waals surface area contributed by atoms with E-state index in [2.05, 4.69) is 5.32 Å². The number of ketones is 2. The molecule has 0 saturated heterocycles. The molecule has 1 N–H and O–H groups in total. The molecule has 6 nitrogen and oxygen atoms in total. The summed E-state index contributed by atoms with van der Waals surface area (Å²) in [5.41, 5.74) is 0.855. The standard InChI is InChI=1S/C29H40ClN3O3S/c1-4-8-24(35)17-21(18-28-31-26-14-12-22(30)19-27(26)37-28)29(36)32-25(20-9-5-6-10-20)15-13-23(34)11-7-16-33(2)3/h7,11-12,14,19-21,25H,4-6,8-10,13,15-18H2,1-3H3,(H,32,36)/b11-7+/t21-,25+/m0/s1. The lowest BCUT2D eigenvalue weighted by atomic mass is 9.91. The number of fused-ring (bicyclic) bond motifs is 1. The number of halogens is 1. The second-order valence-corrected chi connectivity index (χ2v) is 12.0. The van der Waals surface area contributed by atoms with Crippen molar-refractivity contribution in [3.05, 3.63) is 40.4 Å². The van der Waals surface area contributed by atoms with Crippen LogP contribution in [0.15, 0.2) is 30.4 Å². The molecule has 0 radical (unpaired) electrons. The third-order valence-corrected chi connectivity index (χ3v) is 8.24. The normalized spacial score (nSPS) is 16.0. The molecule has 0 aliphatic heterocycles. The molecule has 0 spiro atoms. The highest BCUT2D eigenvalue weighted by molar-refractivity contribution is 7.18. The van der Waals surface area contributed by atoms with Crippen LogP contribution in [0.1, 0.15) is 69.7 Å². The van der Waals surface area contributed by atoms with Crippen LogP contribution in [0, 0.1) is 11.8 Å². The van der Waals surface area contributed by atoms with Gasteiger partial charge in [-0.1, -0.05) is 37.4 Å². The van der Waals surface area contributed by atoms with E-state index in [1.165, 1.54) is 11.3 Å². The molecule has 37 heavy (non-hydrogen) atoms. The summed E-state index contributed by atoms with van der Waals surface area (Å²) < 4.78 is 0.978. The first-order valence-corrected chi connectivity index (χ1v) is 14.7. The van der Waals surface area contributed by atoms with E-state index in [0.29, 0.717) is 36.6 Å². The van der Waals surface area contributed by atoms with Gasteiger partial charge in [0.25, 0.3) is 0 Å². The van der Waals surface area contributed by atoms with E-state index in [9.17, 15) is 14.4 Å². The minimum absolute atomic E-state index is 0.0563. The number of benzene rings is 1. The number of nitrogens with one attached hydrogen (secondary N) is 1. The van der Waals surface area contributed by atoms with Gasteiger partial charge in [0.1, 0.15) is 5.78 Å². The van der Waals surface area contributed by atoms with Crippen molar-refractivity contribution in [1.82, 2.24) is 15.2 Å². The van der Waals surface area contributed by atoms with Crippen molar-refractivity contribution in [1.29, 1.82) is 0 Å². The Morgan fingerprint density at radius 1 is 1.22 bits per heavy atom. The zero-order valence-corrected chi connectivity index (χ0v) is 23.9. The first-order chi connectivity index (χ1) is 17.7. The summed E-state index contributed by atoms with van der Waals surface area (Å²) in [6.45, 7) is 2.70. The average Bonchev–Trinajstić information content (AvgIpc) is 3.50. The number of aromatic nitrogens is 1. The lowest BCUT2D eigenvalue weighted by Gasteiger charge is -2.27. The number of hydrogen-bond donors (Lipinski definition) is 1. The Morgan fingerprint density at radius 2 is 1.97 bits per heavy atom. The van der Waals surface area contributed by atoms with Gasteiger partial charge in [-0.15, -0.1) is 11.3 Å². The molecule has 1 aromatic heterocycles. The number of Topliss-reactive ketones (excluding diaryl/α,β-unsaturated/α-hetero) is 1. The molecule has 0 unspecified atom stereocenters. The van der Waals surface area contributed by atoms with Crippen molar-refractivity contribution in [3.63, 3.8) is 0 Å². The van der Waals surface area contributed by atoms with Crippen LogP contribution in [0.25, 0.3) is 10.2 Å². The van der Waals surface area contributed by atoms with E-state index < -0.39 is 5.92 Å². The minimum Gasteiger partial charge on any atom is -0.353 e. The number of nitrogens with zero attached hydrogens (tertiary/aromatic N) is 2. The molecule has 1 aliphatic rings. The predicted octanol–water partition coefficient (Wildman–Crippen LogP) is 6.01. The van der Waals surface area contributed by atoms with Gasteiger partial charge < -0.3 is 10.2 Å². The summed E-state index contributed by atoms with van der Waals surface area (Å²) >= 11 is 7.66. The predicted molar refractivity (Wildman–Crippen MR) is 152 cm³/mol. The van der Waals surface area contributed by atoms with Gasteiger partial charge in [-0.05, 0) is 70.0 Å². The van der Waals surface area contributed by atoms with E-state index in [1.54, 1.807) is 6.08 Å². The SMILES string of the molecule is CCCC(=O)C[C@@H](Cc1nc2ccc(Cl)cc2s1)C(=O)N[C@H](CCC(=O)/C=C/CN(C)C)C1CCCC1. The maximum absolute atomic E-state index is 13.6. The largest absolute Gasteiger partial charge is 0.353 e. The molecule has 1 aliphatic carbocycles. The number of amides is 1. The third-order valence-electron chi connectivity index (χ3n) is 6.96. The zero-order chi connectivity index (χ0) is 26.8. The third kappa shape index (κ3) is 9.62. The second kappa shape index (κ2) is 14.7. The second-order valence-electron chi connectivity index (χ2n) is 10.4. The van der Waals surface area contributed by atoms with Crippen LogP contribution in [-0.4, -0.2) is 54.0 Å². The molecule has 2 aromatic rings. The molecule has 1 amide bonds. The van der Waals surface area contributed by atoms with Crippen molar-refractivity contribution in [3.8, 4) is 0 Å². The Morgan fingerprint density at radius 3 is 2.68 bits per heavy atom. The fourth-order valence-electron chi connectivity index (χ4n) is 5.02. The fourth-order valence-corrected chi connectivity index (χ4v) is 6.34. The summed E-state index contributed by atoms with van der Waals surface area (Å²) in [4.78, 5) is 45.4. The highest BCUT2D eigenvalue weighted by Gasteiger charge is 2.30. The van der Waals surface area contributed by atoms with Crippen molar-refractivity contribution in [2.75, 3.05) is 20.6 Å². The topological polar surface area (TPSA) is 79.4 Å². The van der Waals surface area contributed by atoms with Crippen LogP contribution < -0.4 is 5.32 Å². The van der Waals surface area contributed by atoms with Crippen molar-refractivity contribution < 1.29 is 14.4 Å². The molecule has 0 bridgehead atoms. The lowest BCUT2D eigenvalue weighted by molar-refractivity contribution is -0.130. The first kappa shape index (κ1) is 29.5. The Labute approximate surface area is 229 Å². The van der Waals surface area contributed by atoms with Crippen molar-refractivity contribution in [2.24, 2.45) is 11.8 Å². The van der Waals surface area contributed by atoms with E-state index in [4.69, 9.17) is 16.6 Å². The zero-order valence-electron chi connectivity index (χ0n) is 22.3. The maximum Gasteiger partial charge on any atom is 0.224 e. The molecule has 1 fully saturated rings. The van der Waals surface area contributed by atoms with Crippen LogP contribution >= 0.6 is 22.9 Å². The highest BCUT2D eigenvalue weighted by Crippen LogP contribution is 2.31. The van der Waals surface area contributed by atoms with Crippen molar-refractivity contribution >= 4 is 50.6 Å². The van der Waals surface area contributed by atoms with Crippen LogP contribution in [0.3, 0.4) is 0 Å². The van der Waals surface area contributed by atoms with Crippen LogP contribution in [0.2, 0.25) is 5.02 Å². The molecule has 1 aromatic carbocycles. The fraction of sp³-hybridized carbons (Fsp3) is 0.586. The molecule has 8 heteroatoms. The van der Waals surface area contributed by atoms with E-state index in [0.717, 1.165) is 53.9 Å². The van der Waals surface area contributed by atoms with Gasteiger partial charge >= 0.3 is 0 Å². The average molecular weight is 546 g/mol. The number of carbonyl (C=O) groups excluding carboxylic acids is 3. The first-order valence-electron chi connectivity index (χ1n) is 13.5. The summed E-state index contributed by atoms with van der Waals surface area (Å²) in [5.74, 6) is -0.0182. The molecule has 1 saturated carbocycles. The number of carbonyl (C=O) groups is 3. The smallest absolute Gasteiger partial charge is 0.224 e. The van der Waals surface area contributed by atoms with Crippen LogP contribution in [0.5, 0.6) is 0 Å². The van der Waals surface area contributed by atoms with Crippen LogP contribution in [-0.2, 0) is 20.8 Å². The van der Waals surface area contributed by atoms with Crippen LogP contribution in [0.4, 0.5) is 0 Å². The van der Waals surface area contributed by atoms with Crippen molar-refractivity contribution in [2.45, 2.75) is 77.2 Å². The number of allylic oxidation sites excluding steroid dienone is 1. The molecular formula is C29H40ClN3O3S. The Kier molecular flexibility index (Phi) is 11.7. The number of likely N-dealkylation sites (N-methyl/N-ethyl adjacent to an activating group) is 1. The quantitative estimate of drug-likeness (QED) is 0.277. The molecule has 2 atom stereocenters. The summed E-state index contributed by atoms with van der Waals surface area (Å²) in [6.07, 6.45) is 10.9. The summed E-state index contributed by atoms with van der Waals surface area (Å²) in [6, 6.07) is 5.52. The number of rotatable bonds is 15. The Hall–Kier alpha value is -2.09.